The van der Waals surface area contributed by atoms with Crippen molar-refractivity contribution in [3.05, 3.63) is 76.2 Å². The Bertz CT molecular complexity index is 914. The number of hydrogen-bond donors (Lipinski definition) is 2. The largest absolute Gasteiger partial charge is 0.289 e. The van der Waals surface area contributed by atoms with Crippen molar-refractivity contribution in [1.29, 1.82) is 0 Å². The molecule has 0 fully saturated rings. The number of aryl methyl sites for hydroxylation is 1. The van der Waals surface area contributed by atoms with Crippen LogP contribution in [0.25, 0.3) is 11.3 Å². The van der Waals surface area contributed by atoms with Gasteiger partial charge in [-0.05, 0) is 25.1 Å². The first-order valence-electron chi connectivity index (χ1n) is 7.44. The molecule has 0 saturated heterocycles. The second-order valence-electron chi connectivity index (χ2n) is 5.37. The van der Waals surface area contributed by atoms with Crippen molar-refractivity contribution in [3.8, 4) is 11.3 Å². The molecular weight excluding hydrogens is 343 g/mol. The SMILES string of the molecule is Cc1ccc(-c2cc(C(=O)N/N=C/c3c(F)cccc3Cl)[nH]n2)cc1. The third-order valence-corrected chi connectivity index (χ3v) is 3.86. The second-order valence-corrected chi connectivity index (χ2v) is 5.77. The van der Waals surface area contributed by atoms with Gasteiger partial charge in [0, 0.05) is 11.1 Å². The van der Waals surface area contributed by atoms with E-state index in [0.29, 0.717) is 5.69 Å². The van der Waals surface area contributed by atoms with Crippen LogP contribution in [0.3, 0.4) is 0 Å². The maximum atomic E-state index is 13.6. The molecule has 25 heavy (non-hydrogen) atoms. The molecule has 2 aromatic carbocycles. The second kappa shape index (κ2) is 7.27. The lowest BCUT2D eigenvalue weighted by Crippen LogP contribution is -2.18. The van der Waals surface area contributed by atoms with Crippen LogP contribution in [0, 0.1) is 12.7 Å². The van der Waals surface area contributed by atoms with E-state index in [2.05, 4.69) is 20.7 Å². The maximum absolute atomic E-state index is 13.6. The lowest BCUT2D eigenvalue weighted by molar-refractivity contribution is 0.0950. The van der Waals surface area contributed by atoms with Crippen LogP contribution in [-0.2, 0) is 0 Å². The minimum absolute atomic E-state index is 0.106. The van der Waals surface area contributed by atoms with E-state index in [9.17, 15) is 9.18 Å². The van der Waals surface area contributed by atoms with Gasteiger partial charge < -0.3 is 0 Å². The van der Waals surface area contributed by atoms with Crippen molar-refractivity contribution in [2.24, 2.45) is 5.10 Å². The standard InChI is InChI=1S/C18H14ClFN4O/c1-11-5-7-12(8-6-11)16-9-17(23-22-16)18(25)24-21-10-13-14(19)3-2-4-15(13)20/h2-10H,1H3,(H,22,23)(H,24,25)/b21-10+. The van der Waals surface area contributed by atoms with E-state index in [4.69, 9.17) is 11.6 Å². The summed E-state index contributed by atoms with van der Waals surface area (Å²) >= 11 is 5.88. The smallest absolute Gasteiger partial charge is 0.272 e. The quantitative estimate of drug-likeness (QED) is 0.549. The molecule has 2 N–H and O–H groups in total. The van der Waals surface area contributed by atoms with Gasteiger partial charge >= 0.3 is 0 Å². The van der Waals surface area contributed by atoms with Crippen molar-refractivity contribution in [1.82, 2.24) is 15.6 Å². The van der Waals surface area contributed by atoms with E-state index < -0.39 is 11.7 Å². The van der Waals surface area contributed by atoms with Gasteiger partial charge in [-0.15, -0.1) is 0 Å². The summed E-state index contributed by atoms with van der Waals surface area (Å²) in [4.78, 5) is 12.1. The van der Waals surface area contributed by atoms with Crippen LogP contribution in [0.4, 0.5) is 4.39 Å². The zero-order valence-corrected chi connectivity index (χ0v) is 14.0. The van der Waals surface area contributed by atoms with E-state index in [1.54, 1.807) is 6.07 Å². The molecule has 0 aliphatic heterocycles. The molecule has 126 valence electrons. The van der Waals surface area contributed by atoms with Crippen LogP contribution in [0.2, 0.25) is 5.02 Å². The summed E-state index contributed by atoms with van der Waals surface area (Å²) in [7, 11) is 0. The highest BCUT2D eigenvalue weighted by Crippen LogP contribution is 2.18. The Morgan fingerprint density at radius 2 is 2.04 bits per heavy atom. The van der Waals surface area contributed by atoms with E-state index in [-0.39, 0.29) is 16.3 Å². The molecule has 0 spiro atoms. The van der Waals surface area contributed by atoms with Crippen LogP contribution < -0.4 is 5.43 Å². The number of halogens is 2. The van der Waals surface area contributed by atoms with Crippen molar-refractivity contribution >= 4 is 23.7 Å². The van der Waals surface area contributed by atoms with Crippen LogP contribution in [0.5, 0.6) is 0 Å². The number of aromatic nitrogens is 2. The number of nitrogens with one attached hydrogen (secondary N) is 2. The summed E-state index contributed by atoms with van der Waals surface area (Å²) < 4.78 is 13.6. The summed E-state index contributed by atoms with van der Waals surface area (Å²) in [5, 5.41) is 10.7. The third-order valence-electron chi connectivity index (χ3n) is 3.53. The summed E-state index contributed by atoms with van der Waals surface area (Å²) in [6, 6.07) is 13.7. The van der Waals surface area contributed by atoms with Gasteiger partial charge in [0.25, 0.3) is 5.91 Å². The fourth-order valence-corrected chi connectivity index (χ4v) is 2.37. The molecule has 0 radical (unpaired) electrons. The lowest BCUT2D eigenvalue weighted by Gasteiger charge is -1.99. The van der Waals surface area contributed by atoms with Crippen LogP contribution >= 0.6 is 11.6 Å². The average molecular weight is 357 g/mol. The molecule has 0 saturated carbocycles. The summed E-state index contributed by atoms with van der Waals surface area (Å²) in [5.74, 6) is -1.01. The lowest BCUT2D eigenvalue weighted by atomic mass is 10.1. The average Bonchev–Trinajstić information content (AvgIpc) is 3.08. The molecule has 0 bridgehead atoms. The van der Waals surface area contributed by atoms with E-state index in [1.807, 2.05) is 31.2 Å². The highest BCUT2D eigenvalue weighted by molar-refractivity contribution is 6.33. The van der Waals surface area contributed by atoms with Gasteiger partial charge in [-0.25, -0.2) is 9.82 Å². The molecule has 3 aromatic rings. The number of amides is 1. The van der Waals surface area contributed by atoms with Crippen molar-refractivity contribution in [3.63, 3.8) is 0 Å². The van der Waals surface area contributed by atoms with Crippen LogP contribution in [0.1, 0.15) is 21.6 Å². The van der Waals surface area contributed by atoms with Gasteiger partial charge in [0.15, 0.2) is 0 Å². The highest BCUT2D eigenvalue weighted by atomic mass is 35.5. The number of carbonyl (C=O) groups excluding carboxylic acids is 1. The number of nitrogens with zero attached hydrogens (tertiary/aromatic N) is 2. The fraction of sp³-hybridized carbons (Fsp3) is 0.0556. The van der Waals surface area contributed by atoms with Gasteiger partial charge in [-0.3, -0.25) is 9.89 Å². The molecule has 1 heterocycles. The van der Waals surface area contributed by atoms with Gasteiger partial charge in [0.05, 0.1) is 16.9 Å². The van der Waals surface area contributed by atoms with Crippen LogP contribution in [0.15, 0.2) is 53.6 Å². The predicted octanol–water partition coefficient (Wildman–Crippen LogP) is 3.94. The molecule has 1 aromatic heterocycles. The first-order chi connectivity index (χ1) is 12.0. The topological polar surface area (TPSA) is 70.1 Å². The van der Waals surface area contributed by atoms with Crippen LogP contribution in [-0.4, -0.2) is 22.3 Å². The molecule has 5 nitrogen and oxygen atoms in total. The summed E-state index contributed by atoms with van der Waals surface area (Å²) in [6.07, 6.45) is 1.16. The third kappa shape index (κ3) is 3.92. The Morgan fingerprint density at radius 3 is 2.76 bits per heavy atom. The maximum Gasteiger partial charge on any atom is 0.289 e. The van der Waals surface area contributed by atoms with Crippen molar-refractivity contribution < 1.29 is 9.18 Å². The summed E-state index contributed by atoms with van der Waals surface area (Å²) in [5.41, 5.74) is 5.33. The first kappa shape index (κ1) is 16.9. The number of carbonyl (C=O) groups is 1. The monoisotopic (exact) mass is 356 g/mol. The minimum atomic E-state index is -0.520. The number of rotatable bonds is 4. The van der Waals surface area contributed by atoms with E-state index in [1.165, 1.54) is 18.2 Å². The van der Waals surface area contributed by atoms with E-state index >= 15 is 0 Å². The van der Waals surface area contributed by atoms with Crippen molar-refractivity contribution in [2.75, 3.05) is 0 Å². The Balaban J connectivity index is 1.70. The predicted molar refractivity (Wildman–Crippen MR) is 95.2 cm³/mol. The number of aromatic amines is 1. The Morgan fingerprint density at radius 1 is 1.28 bits per heavy atom. The molecule has 0 aliphatic rings. The van der Waals surface area contributed by atoms with Gasteiger partial charge in [0.1, 0.15) is 11.5 Å². The Labute approximate surface area is 148 Å². The number of hydrazone groups is 1. The number of hydrogen-bond acceptors (Lipinski definition) is 3. The minimum Gasteiger partial charge on any atom is -0.272 e. The molecule has 3 rings (SSSR count). The molecule has 7 heteroatoms. The van der Waals surface area contributed by atoms with Gasteiger partial charge in [-0.2, -0.15) is 10.2 Å². The Kier molecular flexibility index (Phi) is 4.90. The Hall–Kier alpha value is -2.99. The molecule has 0 atom stereocenters. The highest BCUT2D eigenvalue weighted by Gasteiger charge is 2.10. The zero-order valence-electron chi connectivity index (χ0n) is 13.3. The van der Waals surface area contributed by atoms with Gasteiger partial charge in [-0.1, -0.05) is 47.5 Å². The normalized spacial score (nSPS) is 11.0. The number of H-pyrrole nitrogens is 1. The molecule has 0 unspecified atom stereocenters. The molecular formula is C18H14ClFN4O. The fourth-order valence-electron chi connectivity index (χ4n) is 2.16. The van der Waals surface area contributed by atoms with E-state index in [0.717, 1.165) is 17.3 Å². The summed E-state index contributed by atoms with van der Waals surface area (Å²) in [6.45, 7) is 1.99. The van der Waals surface area contributed by atoms with Gasteiger partial charge in [0.2, 0.25) is 0 Å². The molecule has 1 amide bonds. The van der Waals surface area contributed by atoms with Crippen molar-refractivity contribution in [2.45, 2.75) is 6.92 Å². The number of benzene rings is 2. The molecule has 0 aliphatic carbocycles. The zero-order chi connectivity index (χ0) is 17.8. The first-order valence-corrected chi connectivity index (χ1v) is 7.82.